The van der Waals surface area contributed by atoms with Crippen LogP contribution in [0.1, 0.15) is 70.6 Å². The lowest BCUT2D eigenvalue weighted by atomic mass is 9.53. The van der Waals surface area contributed by atoms with E-state index in [1.807, 2.05) is 0 Å². The summed E-state index contributed by atoms with van der Waals surface area (Å²) in [6, 6.07) is 10.6. The predicted octanol–water partition coefficient (Wildman–Crippen LogP) is 4.97. The molecule has 2 heterocycles. The third-order valence-corrected chi connectivity index (χ3v) is 10.6. The normalized spacial score (nSPS) is 40.3. The average molecular weight is 475 g/mol. The summed E-state index contributed by atoms with van der Waals surface area (Å²) in [6.07, 6.45) is 13.7. The molecule has 188 valence electrons. The van der Waals surface area contributed by atoms with E-state index in [4.69, 9.17) is 4.99 Å². The third-order valence-electron chi connectivity index (χ3n) is 10.6. The molecule has 1 unspecified atom stereocenters. The first kappa shape index (κ1) is 22.5. The number of carbonyl (C=O) groups excluding carboxylic acids is 1. The molecule has 5 saturated carbocycles. The van der Waals surface area contributed by atoms with Crippen LogP contribution in [-0.2, 0) is 4.79 Å². The first-order chi connectivity index (χ1) is 17.1. The summed E-state index contributed by atoms with van der Waals surface area (Å²) in [7, 11) is 2.23. The van der Waals surface area contributed by atoms with Crippen LogP contribution in [0.4, 0.5) is 5.69 Å². The Morgan fingerprint density at radius 1 is 0.829 bits per heavy atom. The Balaban J connectivity index is 1.37. The lowest BCUT2D eigenvalue weighted by molar-refractivity contribution is -0.130. The smallest absolute Gasteiger partial charge is 0.240 e. The van der Waals surface area contributed by atoms with Gasteiger partial charge in [-0.25, -0.2) is 0 Å². The zero-order valence-electron chi connectivity index (χ0n) is 21.5. The molecule has 5 aliphatic carbocycles. The molecule has 1 spiro atoms. The van der Waals surface area contributed by atoms with Gasteiger partial charge in [-0.15, -0.1) is 0 Å². The van der Waals surface area contributed by atoms with Crippen LogP contribution in [-0.4, -0.2) is 66.4 Å². The second-order valence-corrected chi connectivity index (χ2v) is 13.0. The number of amidine groups is 1. The Morgan fingerprint density at radius 2 is 1.43 bits per heavy atom. The number of benzene rings is 1. The van der Waals surface area contributed by atoms with Crippen LogP contribution in [0, 0.1) is 23.2 Å². The minimum Gasteiger partial charge on any atom is -0.304 e. The number of anilines is 1. The van der Waals surface area contributed by atoms with E-state index in [2.05, 4.69) is 52.1 Å². The van der Waals surface area contributed by atoms with Gasteiger partial charge in [-0.05, 0) is 88.3 Å². The van der Waals surface area contributed by atoms with Gasteiger partial charge in [0.25, 0.3) is 0 Å². The predicted molar refractivity (Wildman–Crippen MR) is 141 cm³/mol. The number of carbonyl (C=O) groups is 1. The SMILES string of the molecule is CN1CCN(C2C(=NC34CC5CC(CC(C5)C3)C4)N(c3ccccc3)C(=O)C23CCCCC3)CC1. The van der Waals surface area contributed by atoms with E-state index in [0.717, 1.165) is 68.3 Å². The minimum atomic E-state index is -0.300. The molecule has 1 aromatic carbocycles. The van der Waals surface area contributed by atoms with Gasteiger partial charge in [0.1, 0.15) is 5.84 Å². The second-order valence-electron chi connectivity index (χ2n) is 13.0. The fourth-order valence-electron chi connectivity index (χ4n) is 9.46. The lowest BCUT2D eigenvalue weighted by Crippen LogP contribution is -2.58. The molecule has 0 radical (unpaired) electrons. The zero-order chi connectivity index (χ0) is 23.6. The lowest BCUT2D eigenvalue weighted by Gasteiger charge is -2.55. The van der Waals surface area contributed by atoms with Crippen molar-refractivity contribution in [3.8, 4) is 0 Å². The summed E-state index contributed by atoms with van der Waals surface area (Å²) >= 11 is 0. The van der Waals surface area contributed by atoms with E-state index in [0.29, 0.717) is 5.91 Å². The highest BCUT2D eigenvalue weighted by molar-refractivity contribution is 6.27. The summed E-state index contributed by atoms with van der Waals surface area (Å²) in [5.41, 5.74) is 0.802. The zero-order valence-corrected chi connectivity index (χ0v) is 21.5. The fraction of sp³-hybridized carbons (Fsp3) is 0.733. The van der Waals surface area contributed by atoms with Gasteiger partial charge in [0.15, 0.2) is 0 Å². The van der Waals surface area contributed by atoms with Crippen LogP contribution >= 0.6 is 0 Å². The van der Waals surface area contributed by atoms with E-state index >= 15 is 0 Å². The van der Waals surface area contributed by atoms with Gasteiger partial charge < -0.3 is 4.90 Å². The first-order valence-electron chi connectivity index (χ1n) is 14.5. The summed E-state index contributed by atoms with van der Waals surface area (Å²) in [6.45, 7) is 4.24. The second kappa shape index (κ2) is 8.41. The van der Waals surface area contributed by atoms with Crippen molar-refractivity contribution in [1.29, 1.82) is 0 Å². The molecule has 0 N–H and O–H groups in total. The number of amides is 1. The van der Waals surface area contributed by atoms with Crippen molar-refractivity contribution >= 4 is 17.4 Å². The molecule has 5 nitrogen and oxygen atoms in total. The largest absolute Gasteiger partial charge is 0.304 e. The molecule has 8 rings (SSSR count). The monoisotopic (exact) mass is 474 g/mol. The minimum absolute atomic E-state index is 0.0718. The number of hydrogen-bond donors (Lipinski definition) is 0. The molecule has 1 atom stereocenters. The summed E-state index contributed by atoms with van der Waals surface area (Å²) in [4.78, 5) is 27.7. The number of aliphatic imine (C=N–C) groups is 1. The summed E-state index contributed by atoms with van der Waals surface area (Å²) < 4.78 is 0. The van der Waals surface area contributed by atoms with Crippen LogP contribution in [0.25, 0.3) is 0 Å². The molecule has 4 bridgehead atoms. The molecule has 5 heteroatoms. The van der Waals surface area contributed by atoms with Crippen molar-refractivity contribution in [2.75, 3.05) is 38.1 Å². The van der Waals surface area contributed by atoms with Crippen molar-refractivity contribution in [3.63, 3.8) is 0 Å². The van der Waals surface area contributed by atoms with Crippen molar-refractivity contribution < 1.29 is 4.79 Å². The maximum atomic E-state index is 14.6. The summed E-state index contributed by atoms with van der Waals surface area (Å²) in [5.74, 6) is 4.04. The molecule has 7 aliphatic rings. The van der Waals surface area contributed by atoms with Gasteiger partial charge in [-0.2, -0.15) is 0 Å². The van der Waals surface area contributed by atoms with E-state index in [1.54, 1.807) is 0 Å². The number of hydrogen-bond acceptors (Lipinski definition) is 4. The van der Waals surface area contributed by atoms with Gasteiger partial charge >= 0.3 is 0 Å². The number of para-hydroxylation sites is 1. The van der Waals surface area contributed by atoms with Crippen molar-refractivity contribution in [3.05, 3.63) is 30.3 Å². The van der Waals surface area contributed by atoms with Crippen molar-refractivity contribution in [2.45, 2.75) is 82.2 Å². The molecule has 1 amide bonds. The maximum absolute atomic E-state index is 14.6. The fourth-order valence-corrected chi connectivity index (χ4v) is 9.46. The molecule has 7 fully saturated rings. The van der Waals surface area contributed by atoms with Gasteiger partial charge in [0, 0.05) is 26.2 Å². The summed E-state index contributed by atoms with van der Waals surface area (Å²) in [5, 5.41) is 0. The van der Waals surface area contributed by atoms with Crippen LogP contribution < -0.4 is 4.90 Å². The van der Waals surface area contributed by atoms with Crippen LogP contribution in [0.2, 0.25) is 0 Å². The Morgan fingerprint density at radius 3 is 2.03 bits per heavy atom. The number of rotatable bonds is 3. The number of piperazine rings is 1. The van der Waals surface area contributed by atoms with E-state index < -0.39 is 0 Å². The van der Waals surface area contributed by atoms with Gasteiger partial charge in [-0.1, -0.05) is 37.5 Å². The Labute approximate surface area is 210 Å². The number of likely N-dealkylation sites (N-methyl/N-ethyl adjacent to an activating group) is 1. The van der Waals surface area contributed by atoms with Crippen LogP contribution in [0.5, 0.6) is 0 Å². The van der Waals surface area contributed by atoms with Crippen LogP contribution in [0.3, 0.4) is 0 Å². The standard InChI is InChI=1S/C30H42N4O/c1-32-12-14-33(15-13-32)26-27(31-29-19-22-16-23(20-29)18-24(17-22)21-29)34(25-8-4-2-5-9-25)28(35)30(26)10-6-3-7-11-30/h2,4-5,8-9,22-24,26H,3,6-7,10-21H2,1H3. The highest BCUT2D eigenvalue weighted by atomic mass is 16.2. The van der Waals surface area contributed by atoms with E-state index in [9.17, 15) is 4.79 Å². The Kier molecular flexibility index (Phi) is 5.40. The third kappa shape index (κ3) is 3.63. The highest BCUT2D eigenvalue weighted by Crippen LogP contribution is 2.58. The Hall–Kier alpha value is -1.72. The van der Waals surface area contributed by atoms with Crippen LogP contribution in [0.15, 0.2) is 35.3 Å². The number of nitrogens with zero attached hydrogens (tertiary/aromatic N) is 4. The van der Waals surface area contributed by atoms with Crippen molar-refractivity contribution in [1.82, 2.24) is 9.80 Å². The molecule has 2 saturated heterocycles. The molecule has 0 aromatic heterocycles. The quantitative estimate of drug-likeness (QED) is 0.621. The van der Waals surface area contributed by atoms with E-state index in [-0.39, 0.29) is 17.0 Å². The topological polar surface area (TPSA) is 39.1 Å². The molecule has 2 aliphatic heterocycles. The van der Waals surface area contributed by atoms with Crippen molar-refractivity contribution in [2.24, 2.45) is 28.2 Å². The first-order valence-corrected chi connectivity index (χ1v) is 14.5. The molecular weight excluding hydrogens is 432 g/mol. The molecule has 1 aromatic rings. The Bertz CT molecular complexity index is 954. The van der Waals surface area contributed by atoms with Gasteiger partial charge in [0.05, 0.1) is 22.7 Å². The molecular formula is C30H42N4O. The molecule has 35 heavy (non-hydrogen) atoms. The maximum Gasteiger partial charge on any atom is 0.240 e. The van der Waals surface area contributed by atoms with Gasteiger partial charge in [0.2, 0.25) is 5.91 Å². The van der Waals surface area contributed by atoms with E-state index in [1.165, 1.54) is 57.8 Å². The average Bonchev–Trinajstić information content (AvgIpc) is 3.06. The highest BCUT2D eigenvalue weighted by Gasteiger charge is 2.61. The van der Waals surface area contributed by atoms with Gasteiger partial charge in [-0.3, -0.25) is 19.6 Å².